The highest BCUT2D eigenvalue weighted by molar-refractivity contribution is 5.91. The Morgan fingerprint density at radius 1 is 1.24 bits per heavy atom. The van der Waals surface area contributed by atoms with Crippen molar-refractivity contribution in [3.8, 4) is 5.69 Å². The molecule has 3 rings (SSSR count). The lowest BCUT2D eigenvalue weighted by Gasteiger charge is -2.30. The molecule has 0 radical (unpaired) electrons. The van der Waals surface area contributed by atoms with Gasteiger partial charge in [-0.05, 0) is 57.8 Å². The van der Waals surface area contributed by atoms with Crippen LogP contribution in [-0.4, -0.2) is 51.9 Å². The van der Waals surface area contributed by atoms with Crippen molar-refractivity contribution in [1.29, 1.82) is 0 Å². The van der Waals surface area contributed by atoms with Gasteiger partial charge in [0, 0.05) is 12.7 Å². The van der Waals surface area contributed by atoms with E-state index >= 15 is 0 Å². The van der Waals surface area contributed by atoms with Gasteiger partial charge in [-0.3, -0.25) is 9.69 Å². The predicted molar refractivity (Wildman–Crippen MR) is 97.9 cm³/mol. The summed E-state index contributed by atoms with van der Waals surface area (Å²) in [5.41, 5.74) is 2.97. The third-order valence-electron chi connectivity index (χ3n) is 4.71. The summed E-state index contributed by atoms with van der Waals surface area (Å²) in [6.07, 6.45) is 1.90. The van der Waals surface area contributed by atoms with Gasteiger partial charge in [-0.1, -0.05) is 17.7 Å². The Kier molecular flexibility index (Phi) is 5.50. The van der Waals surface area contributed by atoms with Crippen molar-refractivity contribution in [1.82, 2.24) is 14.7 Å². The molecule has 1 aromatic heterocycles. The van der Waals surface area contributed by atoms with Crippen LogP contribution < -0.4 is 5.32 Å². The minimum atomic E-state index is -0.0317. The van der Waals surface area contributed by atoms with Gasteiger partial charge in [-0.25, -0.2) is 4.68 Å². The van der Waals surface area contributed by atoms with Gasteiger partial charge in [0.1, 0.15) is 5.82 Å². The molecule has 1 saturated heterocycles. The Labute approximate surface area is 148 Å². The maximum absolute atomic E-state index is 12.4. The van der Waals surface area contributed by atoms with Gasteiger partial charge in [0.2, 0.25) is 5.91 Å². The number of aliphatic hydroxyl groups excluding tert-OH is 1. The van der Waals surface area contributed by atoms with Crippen molar-refractivity contribution in [2.24, 2.45) is 5.92 Å². The molecule has 1 aromatic carbocycles. The average molecular weight is 342 g/mol. The largest absolute Gasteiger partial charge is 0.396 e. The summed E-state index contributed by atoms with van der Waals surface area (Å²) in [6.45, 7) is 6.29. The van der Waals surface area contributed by atoms with E-state index in [1.54, 1.807) is 4.68 Å². The lowest BCUT2D eigenvalue weighted by molar-refractivity contribution is -0.117. The van der Waals surface area contributed by atoms with E-state index in [1.807, 2.05) is 44.2 Å². The maximum Gasteiger partial charge on any atom is 0.239 e. The highest BCUT2D eigenvalue weighted by Gasteiger charge is 2.21. The SMILES string of the molecule is Cc1ccc(-n2nc(C)cc2NC(=O)CN2CCC(CO)CC2)cc1. The van der Waals surface area contributed by atoms with Crippen LogP contribution in [0.4, 0.5) is 5.82 Å². The third kappa shape index (κ3) is 4.46. The lowest BCUT2D eigenvalue weighted by Crippen LogP contribution is -2.40. The van der Waals surface area contributed by atoms with Crippen molar-refractivity contribution >= 4 is 11.7 Å². The molecule has 0 atom stereocenters. The molecule has 134 valence electrons. The fourth-order valence-corrected chi connectivity index (χ4v) is 3.18. The van der Waals surface area contributed by atoms with Crippen molar-refractivity contribution < 1.29 is 9.90 Å². The molecule has 6 nitrogen and oxygen atoms in total. The quantitative estimate of drug-likeness (QED) is 0.873. The number of rotatable bonds is 5. The molecule has 1 fully saturated rings. The predicted octanol–water partition coefficient (Wildman–Crippen LogP) is 2.13. The molecule has 0 saturated carbocycles. The van der Waals surface area contributed by atoms with Crippen LogP contribution in [0.15, 0.2) is 30.3 Å². The zero-order chi connectivity index (χ0) is 17.8. The Morgan fingerprint density at radius 2 is 1.92 bits per heavy atom. The van der Waals surface area contributed by atoms with Crippen LogP contribution in [0.5, 0.6) is 0 Å². The van der Waals surface area contributed by atoms with Gasteiger partial charge in [-0.15, -0.1) is 0 Å². The van der Waals surface area contributed by atoms with E-state index in [2.05, 4.69) is 15.3 Å². The second-order valence-corrected chi connectivity index (χ2v) is 6.87. The van der Waals surface area contributed by atoms with Crippen molar-refractivity contribution in [2.75, 3.05) is 31.6 Å². The summed E-state index contributed by atoms with van der Waals surface area (Å²) < 4.78 is 1.77. The van der Waals surface area contributed by atoms with Crippen LogP contribution in [0.1, 0.15) is 24.1 Å². The van der Waals surface area contributed by atoms with Gasteiger partial charge in [0.15, 0.2) is 0 Å². The number of benzene rings is 1. The average Bonchev–Trinajstić information content (AvgIpc) is 2.96. The molecule has 0 bridgehead atoms. The number of likely N-dealkylation sites (tertiary alicyclic amines) is 1. The zero-order valence-corrected chi connectivity index (χ0v) is 14.9. The van der Waals surface area contributed by atoms with Crippen LogP contribution in [0, 0.1) is 19.8 Å². The van der Waals surface area contributed by atoms with Gasteiger partial charge >= 0.3 is 0 Å². The van der Waals surface area contributed by atoms with Gasteiger partial charge in [0.25, 0.3) is 0 Å². The highest BCUT2D eigenvalue weighted by atomic mass is 16.3. The lowest BCUT2D eigenvalue weighted by atomic mass is 9.98. The first kappa shape index (κ1) is 17.6. The van der Waals surface area contributed by atoms with Crippen molar-refractivity contribution in [2.45, 2.75) is 26.7 Å². The summed E-state index contributed by atoms with van der Waals surface area (Å²) in [5, 5.41) is 16.7. The Bertz CT molecular complexity index is 716. The number of amides is 1. The number of nitrogens with one attached hydrogen (secondary N) is 1. The van der Waals surface area contributed by atoms with Crippen LogP contribution in [-0.2, 0) is 4.79 Å². The number of carbonyl (C=O) groups excluding carboxylic acids is 1. The summed E-state index contributed by atoms with van der Waals surface area (Å²) >= 11 is 0. The van der Waals surface area contributed by atoms with Gasteiger partial charge in [0.05, 0.1) is 17.9 Å². The topological polar surface area (TPSA) is 70.4 Å². The summed E-state index contributed by atoms with van der Waals surface area (Å²) in [7, 11) is 0. The van der Waals surface area contributed by atoms with E-state index in [0.717, 1.165) is 37.3 Å². The zero-order valence-electron chi connectivity index (χ0n) is 14.9. The number of hydrogen-bond donors (Lipinski definition) is 2. The number of aliphatic hydroxyl groups is 1. The Balaban J connectivity index is 1.65. The molecular weight excluding hydrogens is 316 g/mol. The molecule has 0 spiro atoms. The van der Waals surface area contributed by atoms with E-state index in [0.29, 0.717) is 18.3 Å². The van der Waals surface area contributed by atoms with Gasteiger partial charge in [-0.2, -0.15) is 5.10 Å². The minimum Gasteiger partial charge on any atom is -0.396 e. The molecule has 25 heavy (non-hydrogen) atoms. The number of anilines is 1. The summed E-state index contributed by atoms with van der Waals surface area (Å²) in [6, 6.07) is 9.94. The fourth-order valence-electron chi connectivity index (χ4n) is 3.18. The van der Waals surface area contributed by atoms with E-state index < -0.39 is 0 Å². The minimum absolute atomic E-state index is 0.0317. The van der Waals surface area contributed by atoms with Crippen molar-refractivity contribution in [3.63, 3.8) is 0 Å². The smallest absolute Gasteiger partial charge is 0.239 e. The van der Waals surface area contributed by atoms with Crippen LogP contribution in [0.3, 0.4) is 0 Å². The molecule has 1 amide bonds. The molecule has 1 aliphatic rings. The van der Waals surface area contributed by atoms with Crippen LogP contribution in [0.25, 0.3) is 5.69 Å². The van der Waals surface area contributed by atoms with E-state index in [-0.39, 0.29) is 12.5 Å². The molecule has 2 heterocycles. The highest BCUT2D eigenvalue weighted by Crippen LogP contribution is 2.19. The first-order chi connectivity index (χ1) is 12.0. The monoisotopic (exact) mass is 342 g/mol. The standard InChI is InChI=1S/C19H26N4O2/c1-14-3-5-17(6-4-14)23-18(11-15(2)21-23)20-19(25)12-22-9-7-16(13-24)8-10-22/h3-6,11,16,24H,7-10,12-13H2,1-2H3,(H,20,25). The summed E-state index contributed by atoms with van der Waals surface area (Å²) in [4.78, 5) is 14.6. The number of aryl methyl sites for hydroxylation is 2. The first-order valence-corrected chi connectivity index (χ1v) is 8.82. The number of hydrogen-bond acceptors (Lipinski definition) is 4. The fraction of sp³-hybridized carbons (Fsp3) is 0.474. The number of piperidine rings is 1. The number of carbonyl (C=O) groups is 1. The maximum atomic E-state index is 12.4. The summed E-state index contributed by atoms with van der Waals surface area (Å²) in [5.74, 6) is 1.04. The van der Waals surface area contributed by atoms with Crippen LogP contribution in [0.2, 0.25) is 0 Å². The third-order valence-corrected chi connectivity index (χ3v) is 4.71. The second kappa shape index (κ2) is 7.80. The molecule has 2 N–H and O–H groups in total. The molecule has 0 aliphatic carbocycles. The second-order valence-electron chi connectivity index (χ2n) is 6.87. The Hall–Kier alpha value is -2.18. The Morgan fingerprint density at radius 3 is 2.56 bits per heavy atom. The first-order valence-electron chi connectivity index (χ1n) is 8.82. The van der Waals surface area contributed by atoms with Gasteiger partial charge < -0.3 is 10.4 Å². The normalized spacial score (nSPS) is 16.1. The molecular formula is C19H26N4O2. The number of nitrogens with zero attached hydrogens (tertiary/aromatic N) is 3. The van der Waals surface area contributed by atoms with Crippen LogP contribution >= 0.6 is 0 Å². The van der Waals surface area contributed by atoms with Crippen molar-refractivity contribution in [3.05, 3.63) is 41.6 Å². The van der Waals surface area contributed by atoms with E-state index in [1.165, 1.54) is 5.56 Å². The molecule has 2 aromatic rings. The van der Waals surface area contributed by atoms with E-state index in [9.17, 15) is 9.90 Å². The molecule has 0 unspecified atom stereocenters. The van der Waals surface area contributed by atoms with E-state index in [4.69, 9.17) is 0 Å². The number of aromatic nitrogens is 2. The molecule has 6 heteroatoms. The molecule has 1 aliphatic heterocycles.